The number of benzene rings is 1. The van der Waals surface area contributed by atoms with Gasteiger partial charge in [0.15, 0.2) is 5.75 Å². The van der Waals surface area contributed by atoms with Gasteiger partial charge in [-0.05, 0) is 6.92 Å². The van der Waals surface area contributed by atoms with Gasteiger partial charge in [-0.25, -0.2) is 5.48 Å². The zero-order chi connectivity index (χ0) is 13.7. The van der Waals surface area contributed by atoms with Crippen molar-refractivity contribution in [1.82, 2.24) is 5.48 Å². The summed E-state index contributed by atoms with van der Waals surface area (Å²) >= 11 is 0. The molecule has 1 amide bonds. The normalized spacial score (nSPS) is 9.44. The third kappa shape index (κ3) is 4.12. The monoisotopic (exact) mass is 251 g/mol. The molecule has 0 aromatic heterocycles. The number of carbonyl (C=O) groups excluding carboxylic acids is 1. The van der Waals surface area contributed by atoms with Gasteiger partial charge in [0.2, 0.25) is 5.91 Å². The van der Waals surface area contributed by atoms with Crippen molar-refractivity contribution in [1.29, 1.82) is 0 Å². The van der Waals surface area contributed by atoms with Crippen molar-refractivity contribution in [3.63, 3.8) is 0 Å². The molecular weight excluding hydrogens is 238 g/mol. The number of nitro groups is 1. The molecule has 1 aromatic rings. The highest BCUT2D eigenvalue weighted by Crippen LogP contribution is 2.25. The smallest absolute Gasteiger partial charge is 0.275 e. The van der Waals surface area contributed by atoms with Crippen LogP contribution in [-0.4, -0.2) is 10.8 Å². The minimum atomic E-state index is -0.570. The van der Waals surface area contributed by atoms with Crippen molar-refractivity contribution in [2.45, 2.75) is 13.8 Å². The Balaban J connectivity index is 3.01. The van der Waals surface area contributed by atoms with Gasteiger partial charge in [-0.15, -0.1) is 0 Å². The Bertz CT molecular complexity index is 499. The van der Waals surface area contributed by atoms with Crippen LogP contribution < -0.4 is 15.6 Å². The second-order valence-corrected chi connectivity index (χ2v) is 3.64. The number of hydrogen-bond donors (Lipinski definition) is 2. The third-order valence-corrected chi connectivity index (χ3v) is 1.77. The topological polar surface area (TPSA) is 93.5 Å². The summed E-state index contributed by atoms with van der Waals surface area (Å²) in [5.41, 5.74) is 3.13. The second-order valence-electron chi connectivity index (χ2n) is 3.64. The van der Waals surface area contributed by atoms with E-state index in [2.05, 4.69) is 17.4 Å². The zero-order valence-electron chi connectivity index (χ0n) is 10.0. The van der Waals surface area contributed by atoms with Crippen molar-refractivity contribution in [2.75, 3.05) is 5.32 Å². The van der Waals surface area contributed by atoms with E-state index in [0.29, 0.717) is 5.70 Å². The second kappa shape index (κ2) is 5.67. The number of hydrogen-bond acceptors (Lipinski definition) is 5. The molecule has 1 rings (SSSR count). The number of anilines is 1. The first-order valence-corrected chi connectivity index (χ1v) is 5.04. The number of rotatable bonds is 5. The van der Waals surface area contributed by atoms with Crippen molar-refractivity contribution >= 4 is 17.3 Å². The number of amides is 1. The predicted molar refractivity (Wildman–Crippen MR) is 66.0 cm³/mol. The Morgan fingerprint density at radius 3 is 2.56 bits per heavy atom. The molecule has 0 aliphatic rings. The molecule has 1 aromatic carbocycles. The summed E-state index contributed by atoms with van der Waals surface area (Å²) in [4.78, 5) is 26.2. The standard InChI is InChI=1S/C11H13N3O4/c1-7(2)13-18-11-5-9(12-8(3)15)4-10(6-11)14(16)17/h4-6,13H,1H2,2-3H3,(H,12,15). The molecule has 2 N–H and O–H groups in total. The summed E-state index contributed by atoms with van der Waals surface area (Å²) < 4.78 is 0. The van der Waals surface area contributed by atoms with Gasteiger partial charge in [0.25, 0.3) is 5.69 Å². The van der Waals surface area contributed by atoms with Crippen LogP contribution in [0.1, 0.15) is 13.8 Å². The van der Waals surface area contributed by atoms with Crippen LogP contribution in [-0.2, 0) is 4.79 Å². The molecule has 18 heavy (non-hydrogen) atoms. The molecule has 0 heterocycles. The summed E-state index contributed by atoms with van der Waals surface area (Å²) in [5.74, 6) is -0.120. The number of non-ortho nitro benzene ring substituents is 1. The third-order valence-electron chi connectivity index (χ3n) is 1.77. The molecular formula is C11H13N3O4. The van der Waals surface area contributed by atoms with E-state index >= 15 is 0 Å². The van der Waals surface area contributed by atoms with E-state index < -0.39 is 4.92 Å². The number of hydroxylamine groups is 1. The van der Waals surface area contributed by atoms with E-state index in [4.69, 9.17) is 4.84 Å². The Morgan fingerprint density at radius 2 is 2.06 bits per heavy atom. The van der Waals surface area contributed by atoms with Crippen LogP contribution in [0.4, 0.5) is 11.4 Å². The van der Waals surface area contributed by atoms with Crippen LogP contribution >= 0.6 is 0 Å². The van der Waals surface area contributed by atoms with E-state index in [0.717, 1.165) is 0 Å². The first-order valence-electron chi connectivity index (χ1n) is 5.04. The molecule has 7 heteroatoms. The molecule has 0 atom stereocenters. The van der Waals surface area contributed by atoms with Crippen LogP contribution in [0, 0.1) is 10.1 Å². The molecule has 0 aliphatic carbocycles. The maximum absolute atomic E-state index is 10.9. The highest BCUT2D eigenvalue weighted by molar-refractivity contribution is 5.89. The summed E-state index contributed by atoms with van der Waals surface area (Å²) in [6.45, 7) is 6.54. The Kier molecular flexibility index (Phi) is 4.25. The van der Waals surface area contributed by atoms with Gasteiger partial charge in [-0.2, -0.15) is 0 Å². The predicted octanol–water partition coefficient (Wildman–Crippen LogP) is 1.97. The fourth-order valence-electron chi connectivity index (χ4n) is 1.17. The molecule has 7 nitrogen and oxygen atoms in total. The Hall–Kier alpha value is -2.57. The van der Waals surface area contributed by atoms with E-state index in [1.807, 2.05) is 0 Å². The maximum atomic E-state index is 10.9. The van der Waals surface area contributed by atoms with Gasteiger partial charge < -0.3 is 10.2 Å². The minimum absolute atomic E-state index is 0.181. The van der Waals surface area contributed by atoms with Crippen molar-refractivity contribution in [2.24, 2.45) is 0 Å². The Labute approximate surface area is 104 Å². The van der Waals surface area contributed by atoms with Gasteiger partial charge in [0.05, 0.1) is 16.7 Å². The molecule has 0 unspecified atom stereocenters. The average molecular weight is 251 g/mol. The first kappa shape index (κ1) is 13.5. The summed E-state index contributed by atoms with van der Waals surface area (Å²) in [5, 5.41) is 13.2. The van der Waals surface area contributed by atoms with Gasteiger partial charge in [-0.1, -0.05) is 6.58 Å². The molecule has 0 fully saturated rings. The van der Waals surface area contributed by atoms with Crippen molar-refractivity contribution < 1.29 is 14.6 Å². The van der Waals surface area contributed by atoms with Crippen molar-refractivity contribution in [3.05, 3.63) is 40.6 Å². The van der Waals surface area contributed by atoms with E-state index in [9.17, 15) is 14.9 Å². The SMILES string of the molecule is C=C(C)NOc1cc(NC(C)=O)cc([N+](=O)[O-])c1. The molecule has 0 radical (unpaired) electrons. The fraction of sp³-hybridized carbons (Fsp3) is 0.182. The number of nitro benzene ring substituents is 1. The molecule has 0 saturated carbocycles. The first-order chi connectivity index (χ1) is 8.38. The summed E-state index contributed by atoms with van der Waals surface area (Å²) in [6, 6.07) is 3.95. The highest BCUT2D eigenvalue weighted by Gasteiger charge is 2.11. The minimum Gasteiger partial charge on any atom is -0.382 e. The molecule has 0 aliphatic heterocycles. The van der Waals surface area contributed by atoms with E-state index in [1.165, 1.54) is 25.1 Å². The van der Waals surface area contributed by atoms with Crippen LogP contribution in [0.3, 0.4) is 0 Å². The summed E-state index contributed by atoms with van der Waals surface area (Å²) in [6.07, 6.45) is 0. The molecule has 96 valence electrons. The van der Waals surface area contributed by atoms with Crippen LogP contribution in [0.2, 0.25) is 0 Å². The van der Waals surface area contributed by atoms with Gasteiger partial charge in [0.1, 0.15) is 0 Å². The average Bonchev–Trinajstić information content (AvgIpc) is 2.25. The maximum Gasteiger partial charge on any atom is 0.275 e. The lowest BCUT2D eigenvalue weighted by atomic mass is 10.2. The van der Waals surface area contributed by atoms with Gasteiger partial charge >= 0.3 is 0 Å². The lowest BCUT2D eigenvalue weighted by Gasteiger charge is -2.09. The number of carbonyl (C=O) groups is 1. The van der Waals surface area contributed by atoms with E-state index in [-0.39, 0.29) is 23.0 Å². The van der Waals surface area contributed by atoms with Crippen LogP contribution in [0.15, 0.2) is 30.5 Å². The number of allylic oxidation sites excluding steroid dienone is 1. The highest BCUT2D eigenvalue weighted by atomic mass is 16.6. The number of nitrogens with one attached hydrogen (secondary N) is 2. The fourth-order valence-corrected chi connectivity index (χ4v) is 1.17. The zero-order valence-corrected chi connectivity index (χ0v) is 10.0. The van der Waals surface area contributed by atoms with Crippen LogP contribution in [0.5, 0.6) is 5.75 Å². The molecule has 0 saturated heterocycles. The summed E-state index contributed by atoms with van der Waals surface area (Å²) in [7, 11) is 0. The van der Waals surface area contributed by atoms with Gasteiger partial charge in [0, 0.05) is 24.8 Å². The lowest BCUT2D eigenvalue weighted by Crippen LogP contribution is -2.15. The van der Waals surface area contributed by atoms with Crippen LogP contribution in [0.25, 0.3) is 0 Å². The quantitative estimate of drug-likeness (QED) is 0.616. The van der Waals surface area contributed by atoms with Gasteiger partial charge in [-0.3, -0.25) is 14.9 Å². The molecule has 0 bridgehead atoms. The lowest BCUT2D eigenvalue weighted by molar-refractivity contribution is -0.384. The van der Waals surface area contributed by atoms with E-state index in [1.54, 1.807) is 6.92 Å². The largest absolute Gasteiger partial charge is 0.382 e. The van der Waals surface area contributed by atoms with Crippen molar-refractivity contribution in [3.8, 4) is 5.75 Å². The number of nitrogens with zero attached hydrogens (tertiary/aromatic N) is 1. The Morgan fingerprint density at radius 1 is 1.39 bits per heavy atom. The molecule has 0 spiro atoms.